The molecule has 0 aromatic heterocycles. The molecule has 218 valence electrons. The van der Waals surface area contributed by atoms with Crippen LogP contribution in [0.1, 0.15) is 46.8 Å². The number of Topliss-reactive ketones (excluding diaryl/α,β-unsaturated/α-hetero) is 4. The lowest BCUT2D eigenvalue weighted by atomic mass is 9.52. The van der Waals surface area contributed by atoms with Gasteiger partial charge in [-0.15, -0.1) is 0 Å². The molecule has 1 amide bonds. The van der Waals surface area contributed by atoms with Gasteiger partial charge in [-0.05, 0) is 70.1 Å². The van der Waals surface area contributed by atoms with E-state index >= 15 is 0 Å². The highest BCUT2D eigenvalue weighted by molar-refractivity contribution is 6.32. The average molecular weight is 568 g/mol. The molecule has 40 heavy (non-hydrogen) atoms. The summed E-state index contributed by atoms with van der Waals surface area (Å²) in [5, 5.41) is 22.3. The highest BCUT2D eigenvalue weighted by Crippen LogP contribution is 2.52. The van der Waals surface area contributed by atoms with Gasteiger partial charge in [0.15, 0.2) is 34.7 Å². The van der Waals surface area contributed by atoms with Crippen LogP contribution >= 0.6 is 0 Å². The van der Waals surface area contributed by atoms with Crippen LogP contribution in [-0.4, -0.2) is 88.4 Å². The molecule has 2 fully saturated rings. The third-order valence-corrected chi connectivity index (χ3v) is 8.47. The molecule has 1 aromatic carbocycles. The molecule has 0 bridgehead atoms. The molecule has 2 saturated carbocycles. The van der Waals surface area contributed by atoms with Gasteiger partial charge in [0.2, 0.25) is 5.91 Å². The van der Waals surface area contributed by atoms with E-state index < -0.39 is 99.4 Å². The third kappa shape index (κ3) is 4.34. The van der Waals surface area contributed by atoms with Crippen LogP contribution in [-0.2, 0) is 38.3 Å². The Bertz CT molecular complexity index is 1310. The molecule has 0 spiro atoms. The number of phenols is 1. The van der Waals surface area contributed by atoms with E-state index in [0.29, 0.717) is 13.0 Å². The Balaban J connectivity index is 1.89. The second-order valence-corrected chi connectivity index (χ2v) is 11.3. The first-order chi connectivity index (χ1) is 18.5. The Morgan fingerprint density at radius 3 is 2.30 bits per heavy atom. The number of carbonyl (C=O) groups is 5. The second-order valence-electron chi connectivity index (χ2n) is 11.3. The molecule has 3 aliphatic rings. The van der Waals surface area contributed by atoms with Gasteiger partial charge in [0.25, 0.3) is 0 Å². The number of alkyl halides is 3. The first kappa shape index (κ1) is 29.8. The Hall–Kier alpha value is -3.16. The Morgan fingerprint density at radius 2 is 1.77 bits per heavy atom. The number of benzene rings is 1. The second kappa shape index (κ2) is 10.0. The minimum Gasteiger partial charge on any atom is -0.507 e. The highest BCUT2D eigenvalue weighted by atomic mass is 19.4. The fraction of sp³-hybridized carbons (Fsp3) is 0.593. The quantitative estimate of drug-likeness (QED) is 0.422. The Morgan fingerprint density at radius 1 is 1.15 bits per heavy atom. The molecule has 0 heterocycles. The summed E-state index contributed by atoms with van der Waals surface area (Å²) in [6, 6.07) is -0.474. The van der Waals surface area contributed by atoms with Crippen LogP contribution in [0.3, 0.4) is 0 Å². The summed E-state index contributed by atoms with van der Waals surface area (Å²) in [6.45, 7) is 2.18. The van der Waals surface area contributed by atoms with Crippen LogP contribution in [0.4, 0.5) is 13.2 Å². The van der Waals surface area contributed by atoms with Crippen molar-refractivity contribution in [1.29, 1.82) is 0 Å². The molecule has 1 aromatic rings. The smallest absolute Gasteiger partial charge is 0.417 e. The number of likely N-dealkylation sites (N-methyl/N-ethyl adjacent to an activating group) is 1. The van der Waals surface area contributed by atoms with Gasteiger partial charge in [-0.1, -0.05) is 6.92 Å². The van der Waals surface area contributed by atoms with Gasteiger partial charge in [-0.3, -0.25) is 28.9 Å². The van der Waals surface area contributed by atoms with Gasteiger partial charge in [-0.2, -0.15) is 13.2 Å². The number of aliphatic hydroxyl groups is 1. The van der Waals surface area contributed by atoms with E-state index in [1.807, 2.05) is 6.92 Å². The van der Waals surface area contributed by atoms with Crippen molar-refractivity contribution in [3.63, 3.8) is 0 Å². The monoisotopic (exact) mass is 567 g/mol. The van der Waals surface area contributed by atoms with Gasteiger partial charge in [0, 0.05) is 12.5 Å². The molecule has 10 nitrogen and oxygen atoms in total. The number of nitrogens with two attached hydrogens (primary N) is 1. The van der Waals surface area contributed by atoms with Crippen LogP contribution in [0.25, 0.3) is 0 Å². The summed E-state index contributed by atoms with van der Waals surface area (Å²) in [5.41, 5.74) is -0.112. The fourth-order valence-electron chi connectivity index (χ4n) is 6.97. The predicted octanol–water partition coefficient (Wildman–Crippen LogP) is 0.728. The maximum Gasteiger partial charge on any atom is 0.417 e. The van der Waals surface area contributed by atoms with Crippen molar-refractivity contribution in [2.24, 2.45) is 29.4 Å². The van der Waals surface area contributed by atoms with E-state index in [1.54, 1.807) is 11.9 Å². The summed E-state index contributed by atoms with van der Waals surface area (Å²) in [4.78, 5) is 68.8. The Labute approximate surface area is 228 Å². The number of hydrogen-bond acceptors (Lipinski definition) is 9. The zero-order valence-electron chi connectivity index (χ0n) is 22.5. The van der Waals surface area contributed by atoms with Crippen LogP contribution in [0.5, 0.6) is 5.75 Å². The zero-order chi connectivity index (χ0) is 30.1. The number of fused-ring (bicyclic) bond motifs is 3. The zero-order valence-corrected chi connectivity index (χ0v) is 22.5. The van der Waals surface area contributed by atoms with Crippen LogP contribution < -0.4 is 5.73 Å². The summed E-state index contributed by atoms with van der Waals surface area (Å²) in [6.07, 6.45) is -5.02. The van der Waals surface area contributed by atoms with Crippen molar-refractivity contribution in [2.45, 2.75) is 50.6 Å². The van der Waals surface area contributed by atoms with Gasteiger partial charge in [0.05, 0.1) is 23.1 Å². The van der Waals surface area contributed by atoms with Gasteiger partial charge < -0.3 is 20.8 Å². The normalized spacial score (nSPS) is 30.4. The van der Waals surface area contributed by atoms with Crippen LogP contribution in [0, 0.1) is 23.7 Å². The van der Waals surface area contributed by atoms with E-state index in [4.69, 9.17) is 5.73 Å². The van der Waals surface area contributed by atoms with Crippen molar-refractivity contribution in [3.05, 3.63) is 28.3 Å². The number of ketones is 4. The number of halogens is 3. The lowest BCUT2D eigenvalue weighted by Crippen LogP contribution is -2.74. The summed E-state index contributed by atoms with van der Waals surface area (Å²) in [7, 11) is 4.47. The van der Waals surface area contributed by atoms with E-state index in [9.17, 15) is 47.4 Å². The fourth-order valence-corrected chi connectivity index (χ4v) is 6.97. The van der Waals surface area contributed by atoms with Crippen molar-refractivity contribution in [2.75, 3.05) is 27.7 Å². The minimum absolute atomic E-state index is 0.159. The molecule has 0 radical (unpaired) electrons. The summed E-state index contributed by atoms with van der Waals surface area (Å²) in [5.74, 6) is -13.3. The topological polar surface area (TPSA) is 158 Å². The summed E-state index contributed by atoms with van der Waals surface area (Å²) >= 11 is 0. The lowest BCUT2D eigenvalue weighted by molar-refractivity contribution is -0.181. The molecule has 4 rings (SSSR count). The number of amides is 1. The number of primary amides is 1. The molecule has 13 heteroatoms. The largest absolute Gasteiger partial charge is 0.507 e. The molecule has 6 atom stereocenters. The van der Waals surface area contributed by atoms with Crippen molar-refractivity contribution in [1.82, 2.24) is 9.80 Å². The maximum absolute atomic E-state index is 14.5. The molecule has 2 unspecified atom stereocenters. The minimum atomic E-state index is -4.90. The first-order valence-electron chi connectivity index (χ1n) is 13.0. The summed E-state index contributed by atoms with van der Waals surface area (Å²) < 4.78 is 43.5. The number of carbonyl (C=O) groups excluding carboxylic acids is 5. The lowest BCUT2D eigenvalue weighted by Gasteiger charge is -2.52. The van der Waals surface area contributed by atoms with E-state index in [1.165, 1.54) is 19.0 Å². The maximum atomic E-state index is 14.5. The average Bonchev–Trinajstić information content (AvgIpc) is 2.80. The first-order valence-corrected chi connectivity index (χ1v) is 13.0. The van der Waals surface area contributed by atoms with E-state index in [-0.39, 0.29) is 18.5 Å². The van der Waals surface area contributed by atoms with Gasteiger partial charge >= 0.3 is 6.18 Å². The number of phenolic OH excluding ortho intramolecular Hbond substituents is 1. The number of hydrogen-bond donors (Lipinski definition) is 3. The molecular formula is C27H32F3N3O7. The third-order valence-electron chi connectivity index (χ3n) is 8.47. The Kier molecular flexibility index (Phi) is 7.48. The van der Waals surface area contributed by atoms with Crippen LogP contribution in [0.15, 0.2) is 6.07 Å². The van der Waals surface area contributed by atoms with E-state index in [2.05, 4.69) is 0 Å². The molecule has 3 aliphatic carbocycles. The molecule has 4 N–H and O–H groups in total. The van der Waals surface area contributed by atoms with E-state index in [0.717, 1.165) is 6.07 Å². The number of rotatable bonds is 6. The van der Waals surface area contributed by atoms with Gasteiger partial charge in [-0.25, -0.2) is 0 Å². The van der Waals surface area contributed by atoms with Crippen molar-refractivity contribution >= 4 is 29.0 Å². The standard InChI is InChI=1S/C27H32F3N3O7/c1-5-6-33(4)10-12-9-15(34)17-13(19(12)27(28,29)30)7-11-8-14-20(32(2)3)22(36)18(25(31)39)24(38)26(14,40)23(37)16(11)21(17)35/h9,11,14,16,18,20,34,40H,5-8,10H2,1-4H3,(H2,31,39)/t11-,14-,16?,18?,20-,26-/m0/s1. The number of nitrogens with zero attached hydrogens (tertiary/aromatic N) is 2. The highest BCUT2D eigenvalue weighted by Gasteiger charge is 2.69. The SMILES string of the molecule is CCCN(C)Cc1cc(O)c2c(c1C(F)(F)F)C[C@H]1C[C@H]3[C@H](N(C)C)C(=O)C(C(N)=O)C(=O)[C@@]3(O)C(=O)C1C2=O. The van der Waals surface area contributed by atoms with Gasteiger partial charge in [0.1, 0.15) is 5.75 Å². The molecule has 0 saturated heterocycles. The van der Waals surface area contributed by atoms with Crippen molar-refractivity contribution < 1.29 is 47.4 Å². The van der Waals surface area contributed by atoms with Crippen molar-refractivity contribution in [3.8, 4) is 5.75 Å². The predicted molar refractivity (Wildman–Crippen MR) is 133 cm³/mol. The number of aromatic hydroxyl groups is 1. The molecule has 0 aliphatic heterocycles. The van der Waals surface area contributed by atoms with Crippen LogP contribution in [0.2, 0.25) is 0 Å². The molecular weight excluding hydrogens is 535 g/mol.